The fraction of sp³-hybridized carbons (Fsp3) is 0.636. The van der Waals surface area contributed by atoms with Crippen LogP contribution in [0.3, 0.4) is 0 Å². The molecule has 2 N–H and O–H groups in total. The van der Waals surface area contributed by atoms with Gasteiger partial charge in [0.1, 0.15) is 6.54 Å². The Hall–Kier alpha value is -1.17. The first-order valence-corrected chi connectivity index (χ1v) is 7.00. The average molecular weight is 256 g/mol. The molecule has 1 rings (SSSR count). The summed E-state index contributed by atoms with van der Waals surface area (Å²) < 4.78 is 1.57. The van der Waals surface area contributed by atoms with Crippen LogP contribution in [-0.2, 0) is 11.3 Å². The number of likely N-dealkylation sites (N-methyl/N-ethyl adjacent to an activating group) is 1. The second-order valence-electron chi connectivity index (χ2n) is 3.99. The number of thioether (sulfide) groups is 1. The first-order chi connectivity index (χ1) is 8.08. The Morgan fingerprint density at radius 3 is 2.88 bits per heavy atom. The molecular formula is C11H20N4OS. The monoisotopic (exact) mass is 256 g/mol. The summed E-state index contributed by atoms with van der Waals surface area (Å²) in [7, 11) is 1.85. The SMILES string of the molecule is CCC(CSC)N(C)C(=O)Cn1cc(N)cn1. The van der Waals surface area contributed by atoms with Crippen molar-refractivity contribution in [3.05, 3.63) is 12.4 Å². The number of hydrogen-bond donors (Lipinski definition) is 1. The van der Waals surface area contributed by atoms with Crippen molar-refractivity contribution in [1.29, 1.82) is 0 Å². The molecule has 1 aromatic heterocycles. The number of rotatable bonds is 6. The summed E-state index contributed by atoms with van der Waals surface area (Å²) in [6.07, 6.45) is 6.23. The normalized spacial score (nSPS) is 12.4. The summed E-state index contributed by atoms with van der Waals surface area (Å²) in [5.74, 6) is 1.02. The molecule has 1 atom stereocenters. The van der Waals surface area contributed by atoms with Crippen molar-refractivity contribution in [3.8, 4) is 0 Å². The van der Waals surface area contributed by atoms with Gasteiger partial charge < -0.3 is 10.6 Å². The van der Waals surface area contributed by atoms with Crippen LogP contribution in [0.2, 0.25) is 0 Å². The van der Waals surface area contributed by atoms with Gasteiger partial charge in [-0.25, -0.2) is 0 Å². The molecule has 1 amide bonds. The third kappa shape index (κ3) is 3.96. The Morgan fingerprint density at radius 2 is 2.41 bits per heavy atom. The summed E-state index contributed by atoms with van der Waals surface area (Å²) >= 11 is 1.75. The fourth-order valence-electron chi connectivity index (χ4n) is 1.62. The van der Waals surface area contributed by atoms with Gasteiger partial charge in [0.2, 0.25) is 5.91 Å². The van der Waals surface area contributed by atoms with Gasteiger partial charge in [-0.1, -0.05) is 6.92 Å². The highest BCUT2D eigenvalue weighted by atomic mass is 32.2. The van der Waals surface area contributed by atoms with E-state index in [1.165, 1.54) is 0 Å². The lowest BCUT2D eigenvalue weighted by atomic mass is 10.2. The van der Waals surface area contributed by atoms with Gasteiger partial charge in [-0.3, -0.25) is 9.48 Å². The summed E-state index contributed by atoms with van der Waals surface area (Å²) in [6, 6.07) is 0.283. The zero-order valence-corrected chi connectivity index (χ0v) is 11.4. The second-order valence-corrected chi connectivity index (χ2v) is 4.90. The molecule has 0 aliphatic rings. The van der Waals surface area contributed by atoms with Crippen LogP contribution in [-0.4, -0.2) is 45.7 Å². The van der Waals surface area contributed by atoms with Gasteiger partial charge in [0.25, 0.3) is 0 Å². The maximum atomic E-state index is 12.0. The van der Waals surface area contributed by atoms with E-state index >= 15 is 0 Å². The molecule has 0 aliphatic carbocycles. The topological polar surface area (TPSA) is 64.2 Å². The van der Waals surface area contributed by atoms with E-state index in [9.17, 15) is 4.79 Å². The van der Waals surface area contributed by atoms with Crippen LogP contribution < -0.4 is 5.73 Å². The van der Waals surface area contributed by atoms with Crippen molar-refractivity contribution < 1.29 is 4.79 Å². The molecule has 17 heavy (non-hydrogen) atoms. The number of nitrogen functional groups attached to an aromatic ring is 1. The Balaban J connectivity index is 2.56. The maximum absolute atomic E-state index is 12.0. The average Bonchev–Trinajstić information content (AvgIpc) is 2.70. The second kappa shape index (κ2) is 6.54. The van der Waals surface area contributed by atoms with E-state index in [1.54, 1.807) is 33.7 Å². The van der Waals surface area contributed by atoms with Crippen LogP contribution in [0.1, 0.15) is 13.3 Å². The molecular weight excluding hydrogens is 236 g/mol. The zero-order chi connectivity index (χ0) is 12.8. The van der Waals surface area contributed by atoms with Gasteiger partial charge in [-0.15, -0.1) is 0 Å². The van der Waals surface area contributed by atoms with E-state index in [2.05, 4.69) is 18.3 Å². The molecule has 6 heteroatoms. The molecule has 1 heterocycles. The van der Waals surface area contributed by atoms with Crippen LogP contribution in [0, 0.1) is 0 Å². The maximum Gasteiger partial charge on any atom is 0.244 e. The number of anilines is 1. The summed E-state index contributed by atoms with van der Waals surface area (Å²) in [6.45, 7) is 2.34. The molecule has 0 aliphatic heterocycles. The number of amides is 1. The lowest BCUT2D eigenvalue weighted by molar-refractivity contribution is -0.132. The molecule has 0 fully saturated rings. The molecule has 1 unspecified atom stereocenters. The first kappa shape index (κ1) is 13.9. The molecule has 1 aromatic rings. The number of nitrogens with two attached hydrogens (primary N) is 1. The minimum Gasteiger partial charge on any atom is -0.396 e. The Bertz CT molecular complexity index is 366. The molecule has 0 aromatic carbocycles. The third-order valence-corrected chi connectivity index (χ3v) is 3.44. The Kier molecular flexibility index (Phi) is 5.34. The van der Waals surface area contributed by atoms with Crippen molar-refractivity contribution in [2.75, 3.05) is 24.8 Å². The third-order valence-electron chi connectivity index (χ3n) is 2.72. The molecule has 0 bridgehead atoms. The number of aromatic nitrogens is 2. The van der Waals surface area contributed by atoms with Crippen LogP contribution in [0.5, 0.6) is 0 Å². The van der Waals surface area contributed by atoms with Crippen LogP contribution in [0.4, 0.5) is 5.69 Å². The Morgan fingerprint density at radius 1 is 1.71 bits per heavy atom. The van der Waals surface area contributed by atoms with Crippen molar-refractivity contribution in [3.63, 3.8) is 0 Å². The number of carbonyl (C=O) groups is 1. The summed E-state index contributed by atoms with van der Waals surface area (Å²) in [4.78, 5) is 13.8. The van der Waals surface area contributed by atoms with E-state index in [4.69, 9.17) is 5.73 Å². The zero-order valence-electron chi connectivity index (χ0n) is 10.6. The molecule has 96 valence electrons. The summed E-state index contributed by atoms with van der Waals surface area (Å²) in [5, 5.41) is 4.01. The van der Waals surface area contributed by atoms with Gasteiger partial charge in [0, 0.05) is 25.0 Å². The van der Waals surface area contributed by atoms with Gasteiger partial charge in [0.05, 0.1) is 11.9 Å². The van der Waals surface area contributed by atoms with E-state index in [0.29, 0.717) is 5.69 Å². The molecule has 5 nitrogen and oxygen atoms in total. The predicted molar refractivity (Wildman–Crippen MR) is 71.9 cm³/mol. The molecule has 0 spiro atoms. The Labute approximate surface area is 106 Å². The summed E-state index contributed by atoms with van der Waals surface area (Å²) in [5.41, 5.74) is 6.13. The van der Waals surface area contributed by atoms with Crippen molar-refractivity contribution in [1.82, 2.24) is 14.7 Å². The standard InChI is InChI=1S/C11H20N4OS/c1-4-10(8-17-3)14(2)11(16)7-15-6-9(12)5-13-15/h5-6,10H,4,7-8,12H2,1-3H3. The molecule has 0 saturated carbocycles. The number of hydrogen-bond acceptors (Lipinski definition) is 4. The lowest BCUT2D eigenvalue weighted by Gasteiger charge is -2.26. The lowest BCUT2D eigenvalue weighted by Crippen LogP contribution is -2.40. The highest BCUT2D eigenvalue weighted by Gasteiger charge is 2.18. The van der Waals surface area contributed by atoms with Crippen LogP contribution in [0.25, 0.3) is 0 Å². The van der Waals surface area contributed by atoms with Crippen molar-refractivity contribution >= 4 is 23.4 Å². The smallest absolute Gasteiger partial charge is 0.244 e. The van der Waals surface area contributed by atoms with Crippen molar-refractivity contribution in [2.24, 2.45) is 0 Å². The molecule has 0 saturated heterocycles. The molecule has 0 radical (unpaired) electrons. The van der Waals surface area contributed by atoms with E-state index in [-0.39, 0.29) is 18.5 Å². The van der Waals surface area contributed by atoms with Crippen molar-refractivity contribution in [2.45, 2.75) is 25.9 Å². The minimum atomic E-state index is 0.0639. The largest absolute Gasteiger partial charge is 0.396 e. The van der Waals surface area contributed by atoms with Crippen LogP contribution >= 0.6 is 11.8 Å². The highest BCUT2D eigenvalue weighted by molar-refractivity contribution is 7.98. The predicted octanol–water partition coefficient (Wildman–Crippen LogP) is 1.07. The quantitative estimate of drug-likeness (QED) is 0.827. The number of nitrogens with zero attached hydrogens (tertiary/aromatic N) is 3. The fourth-order valence-corrected chi connectivity index (χ4v) is 2.46. The van der Waals surface area contributed by atoms with Crippen LogP contribution in [0.15, 0.2) is 12.4 Å². The van der Waals surface area contributed by atoms with Gasteiger partial charge in [-0.05, 0) is 12.7 Å². The number of carbonyl (C=O) groups excluding carboxylic acids is 1. The minimum absolute atomic E-state index is 0.0639. The van der Waals surface area contributed by atoms with Gasteiger partial charge in [0.15, 0.2) is 0 Å². The highest BCUT2D eigenvalue weighted by Crippen LogP contribution is 2.09. The van der Waals surface area contributed by atoms with E-state index < -0.39 is 0 Å². The van der Waals surface area contributed by atoms with E-state index in [1.807, 2.05) is 7.05 Å². The van der Waals surface area contributed by atoms with Gasteiger partial charge in [-0.2, -0.15) is 16.9 Å². The van der Waals surface area contributed by atoms with Gasteiger partial charge >= 0.3 is 0 Å². The first-order valence-electron chi connectivity index (χ1n) is 5.61. The van der Waals surface area contributed by atoms with E-state index in [0.717, 1.165) is 12.2 Å².